The fourth-order valence-electron chi connectivity index (χ4n) is 3.16. The molecule has 158 valence electrons. The molecule has 1 amide bonds. The largest absolute Gasteiger partial charge is 0.508 e. The molecule has 0 bridgehead atoms. The number of anilines is 1. The summed E-state index contributed by atoms with van der Waals surface area (Å²) in [4.78, 5) is 13.1. The molecule has 0 aromatic heterocycles. The standard InChI is InChI=1S/C13H18ClNO.C10H13NO2/c1-2-9-16-11-5-6-13(12(14)10-11)15-7-3-4-8-15;1-7(11-8(2)12)9-3-5-10(13)6-4-9/h5-6,10H,2-4,7-9H2,1H3;3-7,13H,1-2H3,(H,11,12). The van der Waals surface area contributed by atoms with Crippen LogP contribution >= 0.6 is 11.6 Å². The van der Waals surface area contributed by atoms with Crippen LogP contribution in [0.3, 0.4) is 0 Å². The molecule has 3 rings (SSSR count). The molecule has 0 spiro atoms. The van der Waals surface area contributed by atoms with E-state index in [9.17, 15) is 4.79 Å². The maximum atomic E-state index is 10.7. The van der Waals surface area contributed by atoms with E-state index in [1.165, 1.54) is 19.8 Å². The molecule has 1 atom stereocenters. The lowest BCUT2D eigenvalue weighted by molar-refractivity contribution is -0.119. The van der Waals surface area contributed by atoms with Crippen LogP contribution in [0.25, 0.3) is 0 Å². The normalized spacial score (nSPS) is 14.0. The summed E-state index contributed by atoms with van der Waals surface area (Å²) in [6.07, 6.45) is 3.56. The van der Waals surface area contributed by atoms with Crippen LogP contribution < -0.4 is 15.0 Å². The maximum Gasteiger partial charge on any atom is 0.217 e. The molecule has 2 aromatic rings. The number of phenols is 1. The topological polar surface area (TPSA) is 61.8 Å². The zero-order chi connectivity index (χ0) is 21.2. The first kappa shape index (κ1) is 22.9. The van der Waals surface area contributed by atoms with Gasteiger partial charge in [0, 0.05) is 26.1 Å². The zero-order valence-corrected chi connectivity index (χ0v) is 18.2. The van der Waals surface area contributed by atoms with Crippen molar-refractivity contribution in [2.75, 3.05) is 24.6 Å². The Labute approximate surface area is 178 Å². The molecule has 0 saturated carbocycles. The summed E-state index contributed by atoms with van der Waals surface area (Å²) in [5, 5.41) is 12.6. The monoisotopic (exact) mass is 418 g/mol. The van der Waals surface area contributed by atoms with Gasteiger partial charge in [-0.1, -0.05) is 30.7 Å². The summed E-state index contributed by atoms with van der Waals surface area (Å²) < 4.78 is 5.55. The van der Waals surface area contributed by atoms with Crippen LogP contribution in [0, 0.1) is 0 Å². The Hall–Kier alpha value is -2.40. The van der Waals surface area contributed by atoms with Crippen LogP contribution in [-0.4, -0.2) is 30.7 Å². The number of benzene rings is 2. The minimum absolute atomic E-state index is 0.0156. The first-order chi connectivity index (χ1) is 13.9. The van der Waals surface area contributed by atoms with Crippen LogP contribution in [0.2, 0.25) is 5.02 Å². The van der Waals surface area contributed by atoms with Crippen molar-refractivity contribution in [3.05, 3.63) is 53.1 Å². The highest BCUT2D eigenvalue weighted by Gasteiger charge is 2.15. The molecule has 0 aliphatic carbocycles. The molecular weight excluding hydrogens is 388 g/mol. The minimum Gasteiger partial charge on any atom is -0.508 e. The van der Waals surface area contributed by atoms with E-state index in [1.807, 2.05) is 19.1 Å². The van der Waals surface area contributed by atoms with E-state index in [2.05, 4.69) is 23.2 Å². The fourth-order valence-corrected chi connectivity index (χ4v) is 3.45. The zero-order valence-electron chi connectivity index (χ0n) is 17.5. The minimum atomic E-state index is -0.0550. The second-order valence-electron chi connectivity index (χ2n) is 7.17. The number of phenolic OH excluding ortho intramolecular Hbond substituents is 1. The number of carbonyl (C=O) groups is 1. The summed E-state index contributed by atoms with van der Waals surface area (Å²) in [7, 11) is 0. The third kappa shape index (κ3) is 7.50. The van der Waals surface area contributed by atoms with E-state index in [0.29, 0.717) is 0 Å². The van der Waals surface area contributed by atoms with Gasteiger partial charge in [0.2, 0.25) is 5.91 Å². The molecule has 1 unspecified atom stereocenters. The Morgan fingerprint density at radius 1 is 1.21 bits per heavy atom. The van der Waals surface area contributed by atoms with Gasteiger partial charge >= 0.3 is 0 Å². The Balaban J connectivity index is 0.000000212. The van der Waals surface area contributed by atoms with Gasteiger partial charge in [-0.25, -0.2) is 0 Å². The summed E-state index contributed by atoms with van der Waals surface area (Å²) in [5.41, 5.74) is 2.12. The van der Waals surface area contributed by atoms with Crippen molar-refractivity contribution in [3.8, 4) is 11.5 Å². The number of hydrogen-bond acceptors (Lipinski definition) is 4. The summed E-state index contributed by atoms with van der Waals surface area (Å²) in [6, 6.07) is 12.8. The molecule has 1 heterocycles. The number of rotatable bonds is 6. The molecular formula is C23H31ClN2O3. The third-order valence-corrected chi connectivity index (χ3v) is 4.95. The van der Waals surface area contributed by atoms with E-state index >= 15 is 0 Å². The maximum absolute atomic E-state index is 10.7. The average molecular weight is 419 g/mol. The van der Waals surface area contributed by atoms with E-state index in [4.69, 9.17) is 21.4 Å². The van der Waals surface area contributed by atoms with Gasteiger partial charge in [0.15, 0.2) is 0 Å². The second-order valence-corrected chi connectivity index (χ2v) is 7.58. The van der Waals surface area contributed by atoms with Gasteiger partial charge in [-0.15, -0.1) is 0 Å². The molecule has 2 aromatic carbocycles. The van der Waals surface area contributed by atoms with E-state index in [1.54, 1.807) is 24.3 Å². The lowest BCUT2D eigenvalue weighted by atomic mass is 10.1. The van der Waals surface area contributed by atoms with Gasteiger partial charge in [-0.2, -0.15) is 0 Å². The lowest BCUT2D eigenvalue weighted by Gasteiger charge is -2.19. The Morgan fingerprint density at radius 3 is 2.41 bits per heavy atom. The van der Waals surface area contributed by atoms with E-state index < -0.39 is 0 Å². The first-order valence-electron chi connectivity index (χ1n) is 10.1. The van der Waals surface area contributed by atoms with Crippen molar-refractivity contribution in [1.29, 1.82) is 0 Å². The van der Waals surface area contributed by atoms with Crippen molar-refractivity contribution in [2.24, 2.45) is 0 Å². The molecule has 5 nitrogen and oxygen atoms in total. The Kier molecular flexibility index (Phi) is 9.13. The van der Waals surface area contributed by atoms with Crippen molar-refractivity contribution < 1.29 is 14.6 Å². The highest BCUT2D eigenvalue weighted by molar-refractivity contribution is 6.33. The predicted octanol–water partition coefficient (Wildman–Crippen LogP) is 5.32. The number of ether oxygens (including phenoxy) is 1. The van der Waals surface area contributed by atoms with Crippen LogP contribution in [-0.2, 0) is 4.79 Å². The average Bonchev–Trinajstić information content (AvgIpc) is 3.21. The molecule has 0 radical (unpaired) electrons. The summed E-state index contributed by atoms with van der Waals surface area (Å²) in [5.74, 6) is 1.05. The Morgan fingerprint density at radius 2 is 1.86 bits per heavy atom. The van der Waals surface area contributed by atoms with Crippen LogP contribution in [0.15, 0.2) is 42.5 Å². The first-order valence-corrected chi connectivity index (χ1v) is 10.5. The molecule has 1 aliphatic rings. The predicted molar refractivity (Wildman–Crippen MR) is 119 cm³/mol. The fraction of sp³-hybridized carbons (Fsp3) is 0.435. The molecule has 1 fully saturated rings. The highest BCUT2D eigenvalue weighted by Crippen LogP contribution is 2.31. The molecule has 1 aliphatic heterocycles. The number of amides is 1. The summed E-state index contributed by atoms with van der Waals surface area (Å²) in [6.45, 7) is 8.47. The van der Waals surface area contributed by atoms with Gasteiger partial charge in [0.05, 0.1) is 23.4 Å². The number of aromatic hydroxyl groups is 1. The molecule has 6 heteroatoms. The van der Waals surface area contributed by atoms with E-state index in [0.717, 1.165) is 48.1 Å². The van der Waals surface area contributed by atoms with Gasteiger partial charge < -0.3 is 20.1 Å². The summed E-state index contributed by atoms with van der Waals surface area (Å²) >= 11 is 6.27. The number of hydrogen-bond donors (Lipinski definition) is 2. The molecule has 2 N–H and O–H groups in total. The van der Waals surface area contributed by atoms with Crippen molar-refractivity contribution in [3.63, 3.8) is 0 Å². The van der Waals surface area contributed by atoms with Gasteiger partial charge in [0.1, 0.15) is 11.5 Å². The van der Waals surface area contributed by atoms with Gasteiger partial charge in [0.25, 0.3) is 0 Å². The van der Waals surface area contributed by atoms with E-state index in [-0.39, 0.29) is 17.7 Å². The smallest absolute Gasteiger partial charge is 0.217 e. The van der Waals surface area contributed by atoms with Gasteiger partial charge in [-0.3, -0.25) is 4.79 Å². The quantitative estimate of drug-likeness (QED) is 0.666. The number of nitrogens with one attached hydrogen (secondary N) is 1. The molecule has 1 saturated heterocycles. The van der Waals surface area contributed by atoms with Crippen LogP contribution in [0.4, 0.5) is 5.69 Å². The van der Waals surface area contributed by atoms with Crippen molar-refractivity contribution in [2.45, 2.75) is 46.1 Å². The number of halogens is 1. The number of nitrogens with zero attached hydrogens (tertiary/aromatic N) is 1. The second kappa shape index (κ2) is 11.6. The third-order valence-electron chi connectivity index (χ3n) is 4.65. The van der Waals surface area contributed by atoms with Gasteiger partial charge in [-0.05, 0) is 56.0 Å². The van der Waals surface area contributed by atoms with Crippen LogP contribution in [0.1, 0.15) is 51.6 Å². The Bertz CT molecular complexity index is 774. The van der Waals surface area contributed by atoms with Crippen molar-refractivity contribution >= 4 is 23.2 Å². The lowest BCUT2D eigenvalue weighted by Crippen LogP contribution is -2.23. The molecule has 29 heavy (non-hydrogen) atoms. The van der Waals surface area contributed by atoms with Crippen molar-refractivity contribution in [1.82, 2.24) is 5.32 Å². The van der Waals surface area contributed by atoms with Crippen LogP contribution in [0.5, 0.6) is 11.5 Å². The highest BCUT2D eigenvalue weighted by atomic mass is 35.5. The SMILES string of the molecule is CC(=O)NC(C)c1ccc(O)cc1.CCCOc1ccc(N2CCCC2)c(Cl)c1. The number of carbonyl (C=O) groups excluding carboxylic acids is 1.